The molecule has 0 aromatic rings. The monoisotopic (exact) mass is 201 g/mol. The predicted octanol–water partition coefficient (Wildman–Crippen LogP) is 1.97. The van der Waals surface area contributed by atoms with Gasteiger partial charge in [0.1, 0.15) is 0 Å². The lowest BCUT2D eigenvalue weighted by atomic mass is 10.2. The number of morpholine rings is 1. The van der Waals surface area contributed by atoms with Crippen LogP contribution in [0.3, 0.4) is 0 Å². The second-order valence-corrected chi connectivity index (χ2v) is 10.9. The molecule has 0 amide bonds. The Hall–Kier alpha value is 0.137. The van der Waals surface area contributed by atoms with Crippen molar-refractivity contribution in [2.45, 2.75) is 45.6 Å². The van der Waals surface area contributed by atoms with Crippen LogP contribution in [0.15, 0.2) is 0 Å². The standard InChI is InChI=1S/C10H23NOSi/c1-9-6-12-7-10(2)11(9)8-13(3,4)5/h9-10H,6-8H2,1-5H3. The molecule has 1 aliphatic heterocycles. The quantitative estimate of drug-likeness (QED) is 0.633. The molecule has 1 fully saturated rings. The highest BCUT2D eigenvalue weighted by Gasteiger charge is 2.29. The van der Waals surface area contributed by atoms with E-state index >= 15 is 0 Å². The summed E-state index contributed by atoms with van der Waals surface area (Å²) < 4.78 is 5.51. The summed E-state index contributed by atoms with van der Waals surface area (Å²) in [6.07, 6.45) is 1.30. The summed E-state index contributed by atoms with van der Waals surface area (Å²) in [5.41, 5.74) is 0. The highest BCUT2D eigenvalue weighted by atomic mass is 28.3. The summed E-state index contributed by atoms with van der Waals surface area (Å²) in [5.74, 6) is 0. The van der Waals surface area contributed by atoms with Crippen molar-refractivity contribution >= 4 is 8.07 Å². The second-order valence-electron chi connectivity index (χ2n) is 5.47. The normalized spacial score (nSPS) is 32.1. The Balaban J connectivity index is 2.54. The molecule has 0 aromatic carbocycles. The first-order valence-electron chi connectivity index (χ1n) is 5.23. The SMILES string of the molecule is CC1COCC(C)N1C[Si](C)(C)C. The maximum absolute atomic E-state index is 5.51. The fraction of sp³-hybridized carbons (Fsp3) is 1.00. The smallest absolute Gasteiger partial charge is 0.0619 e. The van der Waals surface area contributed by atoms with Gasteiger partial charge in [0, 0.05) is 12.1 Å². The van der Waals surface area contributed by atoms with Gasteiger partial charge >= 0.3 is 0 Å². The summed E-state index contributed by atoms with van der Waals surface area (Å²) >= 11 is 0. The molecule has 1 heterocycles. The first-order valence-corrected chi connectivity index (χ1v) is 8.94. The van der Waals surface area contributed by atoms with Crippen molar-refractivity contribution in [3.05, 3.63) is 0 Å². The lowest BCUT2D eigenvalue weighted by Crippen LogP contribution is -2.54. The summed E-state index contributed by atoms with van der Waals surface area (Å²) in [6, 6.07) is 1.21. The summed E-state index contributed by atoms with van der Waals surface area (Å²) in [7, 11) is -0.958. The molecule has 13 heavy (non-hydrogen) atoms. The first-order chi connectivity index (χ1) is 5.90. The Morgan fingerprint density at radius 3 is 2.00 bits per heavy atom. The van der Waals surface area contributed by atoms with E-state index in [2.05, 4.69) is 38.4 Å². The molecule has 2 atom stereocenters. The maximum atomic E-state index is 5.51. The van der Waals surface area contributed by atoms with Gasteiger partial charge in [-0.1, -0.05) is 19.6 Å². The minimum absolute atomic E-state index is 0.607. The molecule has 0 bridgehead atoms. The van der Waals surface area contributed by atoms with Crippen molar-refractivity contribution in [3.8, 4) is 0 Å². The van der Waals surface area contributed by atoms with Crippen LogP contribution in [0.1, 0.15) is 13.8 Å². The van der Waals surface area contributed by atoms with Gasteiger partial charge in [-0.25, -0.2) is 0 Å². The van der Waals surface area contributed by atoms with E-state index in [1.807, 2.05) is 0 Å². The molecule has 0 aromatic heterocycles. The summed E-state index contributed by atoms with van der Waals surface area (Å²) in [6.45, 7) is 13.7. The second kappa shape index (κ2) is 4.11. The molecule has 1 rings (SSSR count). The zero-order valence-corrected chi connectivity index (χ0v) is 10.6. The van der Waals surface area contributed by atoms with Crippen LogP contribution in [-0.2, 0) is 4.74 Å². The van der Waals surface area contributed by atoms with Gasteiger partial charge in [0.25, 0.3) is 0 Å². The predicted molar refractivity (Wildman–Crippen MR) is 59.8 cm³/mol. The Morgan fingerprint density at radius 1 is 1.15 bits per heavy atom. The lowest BCUT2D eigenvalue weighted by Gasteiger charge is -2.41. The zero-order chi connectivity index (χ0) is 10.1. The fourth-order valence-electron chi connectivity index (χ4n) is 1.89. The van der Waals surface area contributed by atoms with Crippen molar-refractivity contribution in [2.75, 3.05) is 19.4 Å². The molecular weight excluding hydrogens is 178 g/mol. The van der Waals surface area contributed by atoms with E-state index in [0.29, 0.717) is 12.1 Å². The molecule has 0 radical (unpaired) electrons. The molecule has 3 heteroatoms. The van der Waals surface area contributed by atoms with Crippen molar-refractivity contribution in [2.24, 2.45) is 0 Å². The van der Waals surface area contributed by atoms with E-state index in [4.69, 9.17) is 4.74 Å². The number of hydrogen-bond donors (Lipinski definition) is 0. The molecule has 2 nitrogen and oxygen atoms in total. The average molecular weight is 201 g/mol. The minimum Gasteiger partial charge on any atom is -0.378 e. The molecule has 1 saturated heterocycles. The van der Waals surface area contributed by atoms with Crippen molar-refractivity contribution in [3.63, 3.8) is 0 Å². The van der Waals surface area contributed by atoms with Crippen LogP contribution in [0.5, 0.6) is 0 Å². The third kappa shape index (κ3) is 3.41. The highest BCUT2D eigenvalue weighted by Crippen LogP contribution is 2.16. The highest BCUT2D eigenvalue weighted by molar-refractivity contribution is 6.76. The van der Waals surface area contributed by atoms with E-state index in [1.54, 1.807) is 0 Å². The van der Waals surface area contributed by atoms with Crippen LogP contribution in [-0.4, -0.2) is 44.4 Å². The van der Waals surface area contributed by atoms with Gasteiger partial charge in [-0.15, -0.1) is 0 Å². The number of nitrogens with zero attached hydrogens (tertiary/aromatic N) is 1. The van der Waals surface area contributed by atoms with Gasteiger partial charge in [0.2, 0.25) is 0 Å². The lowest BCUT2D eigenvalue weighted by molar-refractivity contribution is -0.0282. The summed E-state index contributed by atoms with van der Waals surface area (Å²) in [5, 5.41) is 0. The molecule has 2 unspecified atom stereocenters. The Bertz CT molecular complexity index is 157. The molecule has 0 N–H and O–H groups in total. The summed E-state index contributed by atoms with van der Waals surface area (Å²) in [4.78, 5) is 2.62. The third-order valence-electron chi connectivity index (χ3n) is 2.51. The largest absolute Gasteiger partial charge is 0.378 e. The number of ether oxygens (including phenoxy) is 1. The molecule has 0 aliphatic carbocycles. The molecular formula is C10H23NOSi. The van der Waals surface area contributed by atoms with E-state index in [9.17, 15) is 0 Å². The van der Waals surface area contributed by atoms with Gasteiger partial charge < -0.3 is 4.74 Å². The van der Waals surface area contributed by atoms with Crippen LogP contribution in [0, 0.1) is 0 Å². The Kier molecular flexibility index (Phi) is 3.55. The zero-order valence-electron chi connectivity index (χ0n) is 9.63. The van der Waals surface area contributed by atoms with Crippen LogP contribution >= 0.6 is 0 Å². The third-order valence-corrected chi connectivity index (χ3v) is 3.82. The van der Waals surface area contributed by atoms with Gasteiger partial charge in [0.15, 0.2) is 0 Å². The fourth-order valence-corrected chi connectivity index (χ4v) is 3.61. The van der Waals surface area contributed by atoms with Gasteiger partial charge in [-0.05, 0) is 20.0 Å². The van der Waals surface area contributed by atoms with Crippen molar-refractivity contribution in [1.82, 2.24) is 4.90 Å². The van der Waals surface area contributed by atoms with Gasteiger partial charge in [0.05, 0.1) is 21.3 Å². The van der Waals surface area contributed by atoms with E-state index in [1.165, 1.54) is 6.17 Å². The van der Waals surface area contributed by atoms with Crippen molar-refractivity contribution in [1.29, 1.82) is 0 Å². The first kappa shape index (κ1) is 11.2. The number of hydrogen-bond acceptors (Lipinski definition) is 2. The van der Waals surface area contributed by atoms with Gasteiger partial charge in [-0.2, -0.15) is 0 Å². The molecule has 78 valence electrons. The topological polar surface area (TPSA) is 12.5 Å². The van der Waals surface area contributed by atoms with Crippen LogP contribution in [0.25, 0.3) is 0 Å². The Morgan fingerprint density at radius 2 is 1.62 bits per heavy atom. The maximum Gasteiger partial charge on any atom is 0.0619 e. The van der Waals surface area contributed by atoms with Crippen molar-refractivity contribution < 1.29 is 4.74 Å². The van der Waals surface area contributed by atoms with E-state index < -0.39 is 8.07 Å². The van der Waals surface area contributed by atoms with E-state index in [0.717, 1.165) is 13.2 Å². The minimum atomic E-state index is -0.958. The van der Waals surface area contributed by atoms with Crippen LogP contribution in [0.4, 0.5) is 0 Å². The average Bonchev–Trinajstić information content (AvgIpc) is 1.95. The van der Waals surface area contributed by atoms with E-state index in [-0.39, 0.29) is 0 Å². The van der Waals surface area contributed by atoms with Gasteiger partial charge in [-0.3, -0.25) is 4.90 Å². The van der Waals surface area contributed by atoms with Crippen LogP contribution < -0.4 is 0 Å². The van der Waals surface area contributed by atoms with Crippen LogP contribution in [0.2, 0.25) is 19.6 Å². The number of rotatable bonds is 2. The molecule has 1 aliphatic rings. The Labute approximate surface area is 83.3 Å². The molecule has 0 spiro atoms. The molecule has 0 saturated carbocycles.